The van der Waals surface area contributed by atoms with Crippen molar-refractivity contribution >= 4 is 5.69 Å². The zero-order valence-corrected chi connectivity index (χ0v) is 21.3. The van der Waals surface area contributed by atoms with Crippen LogP contribution in [0.3, 0.4) is 0 Å². The van der Waals surface area contributed by atoms with Crippen molar-refractivity contribution in [3.05, 3.63) is 53.9 Å². The van der Waals surface area contributed by atoms with Gasteiger partial charge in [0.05, 0.1) is 27.0 Å². The fraction of sp³-hybridized carbons (Fsp3) is 0.500. The van der Waals surface area contributed by atoms with Gasteiger partial charge in [0.1, 0.15) is 11.8 Å². The van der Waals surface area contributed by atoms with Gasteiger partial charge in [-0.2, -0.15) is 0 Å². The zero-order chi connectivity index (χ0) is 24.8. The lowest BCUT2D eigenvalue weighted by molar-refractivity contribution is 0.195. The van der Waals surface area contributed by atoms with Crippen LogP contribution in [-0.4, -0.2) is 72.6 Å². The Kier molecular flexibility index (Phi) is 8.07. The molecule has 1 fully saturated rings. The first-order valence-electron chi connectivity index (χ1n) is 12.2. The predicted molar refractivity (Wildman–Crippen MR) is 135 cm³/mol. The minimum absolute atomic E-state index is 0.165. The van der Waals surface area contributed by atoms with Gasteiger partial charge in [-0.1, -0.05) is 38.1 Å². The summed E-state index contributed by atoms with van der Waals surface area (Å²) in [4.78, 5) is 4.80. The van der Waals surface area contributed by atoms with Gasteiger partial charge in [-0.15, -0.1) is 5.10 Å². The summed E-state index contributed by atoms with van der Waals surface area (Å²) < 4.78 is 19.0. The molecule has 2 heterocycles. The van der Waals surface area contributed by atoms with Gasteiger partial charge < -0.3 is 19.1 Å². The summed E-state index contributed by atoms with van der Waals surface area (Å²) in [5.74, 6) is 3.68. The van der Waals surface area contributed by atoms with Crippen LogP contribution in [0.25, 0.3) is 0 Å². The van der Waals surface area contributed by atoms with E-state index in [0.717, 1.165) is 62.0 Å². The monoisotopic (exact) mass is 480 g/mol. The maximum Gasteiger partial charge on any atom is 0.173 e. The SMILES string of the molecule is COc1ccccc1N1CCN(C(c2cccc(OC)c2OC)c2nnnn2CCC(C)C)CC1. The fourth-order valence-electron chi connectivity index (χ4n) is 4.69. The van der Waals surface area contributed by atoms with E-state index in [4.69, 9.17) is 14.2 Å². The molecule has 0 saturated carbocycles. The van der Waals surface area contributed by atoms with Crippen molar-refractivity contribution in [1.82, 2.24) is 25.1 Å². The van der Waals surface area contributed by atoms with E-state index < -0.39 is 0 Å². The second-order valence-corrected chi connectivity index (χ2v) is 9.12. The predicted octanol–water partition coefficient (Wildman–Crippen LogP) is 3.66. The van der Waals surface area contributed by atoms with E-state index in [1.165, 1.54) is 0 Å². The molecule has 0 bridgehead atoms. The number of anilines is 1. The number of para-hydroxylation sites is 3. The molecule has 4 rings (SSSR count). The van der Waals surface area contributed by atoms with Crippen molar-refractivity contribution in [2.24, 2.45) is 5.92 Å². The largest absolute Gasteiger partial charge is 0.495 e. The molecule has 1 aliphatic heterocycles. The molecule has 3 aromatic rings. The van der Waals surface area contributed by atoms with Crippen LogP contribution in [0.1, 0.15) is 37.7 Å². The number of hydrogen-bond acceptors (Lipinski definition) is 8. The Hall–Kier alpha value is -3.33. The van der Waals surface area contributed by atoms with Gasteiger partial charge in [-0.05, 0) is 41.0 Å². The number of tetrazole rings is 1. The van der Waals surface area contributed by atoms with Crippen LogP contribution in [-0.2, 0) is 6.54 Å². The van der Waals surface area contributed by atoms with Crippen LogP contribution in [0.15, 0.2) is 42.5 Å². The molecule has 0 N–H and O–H groups in total. The Morgan fingerprint density at radius 3 is 2.26 bits per heavy atom. The molecule has 9 nitrogen and oxygen atoms in total. The molecule has 1 aromatic heterocycles. The molecule has 1 unspecified atom stereocenters. The molecule has 2 aromatic carbocycles. The number of rotatable bonds is 10. The van der Waals surface area contributed by atoms with E-state index in [2.05, 4.69) is 57.4 Å². The molecule has 1 saturated heterocycles. The molecule has 0 radical (unpaired) electrons. The summed E-state index contributed by atoms with van der Waals surface area (Å²) >= 11 is 0. The van der Waals surface area contributed by atoms with Crippen molar-refractivity contribution < 1.29 is 14.2 Å². The van der Waals surface area contributed by atoms with Crippen LogP contribution in [0.2, 0.25) is 0 Å². The van der Waals surface area contributed by atoms with Gasteiger partial charge in [-0.3, -0.25) is 4.90 Å². The quantitative estimate of drug-likeness (QED) is 0.435. The second-order valence-electron chi connectivity index (χ2n) is 9.12. The van der Waals surface area contributed by atoms with Crippen LogP contribution < -0.4 is 19.1 Å². The number of nitrogens with zero attached hydrogens (tertiary/aromatic N) is 6. The third-order valence-corrected chi connectivity index (χ3v) is 6.56. The molecule has 0 aliphatic carbocycles. The number of hydrogen-bond donors (Lipinski definition) is 0. The highest BCUT2D eigenvalue weighted by atomic mass is 16.5. The standard InChI is InChI=1S/C26H36N6O3/c1-19(2)13-14-32-26(27-28-29-32)24(20-9-8-12-23(34-4)25(20)35-5)31-17-15-30(16-18-31)21-10-6-7-11-22(21)33-3/h6-12,19,24H,13-18H2,1-5H3. The average Bonchev–Trinajstić information content (AvgIpc) is 3.36. The number of piperazine rings is 1. The molecular weight excluding hydrogens is 444 g/mol. The van der Waals surface area contributed by atoms with Crippen LogP contribution in [0.4, 0.5) is 5.69 Å². The van der Waals surface area contributed by atoms with Crippen molar-refractivity contribution in [2.75, 3.05) is 52.4 Å². The smallest absolute Gasteiger partial charge is 0.173 e. The lowest BCUT2D eigenvalue weighted by atomic mass is 10.0. The van der Waals surface area contributed by atoms with Gasteiger partial charge in [-0.25, -0.2) is 4.68 Å². The molecule has 1 atom stereocenters. The van der Waals surface area contributed by atoms with Gasteiger partial charge in [0.2, 0.25) is 0 Å². The minimum Gasteiger partial charge on any atom is -0.495 e. The highest BCUT2D eigenvalue weighted by Crippen LogP contribution is 2.40. The molecule has 188 valence electrons. The maximum absolute atomic E-state index is 5.84. The first-order valence-corrected chi connectivity index (χ1v) is 12.2. The second kappa shape index (κ2) is 11.4. The molecule has 0 amide bonds. The van der Waals surface area contributed by atoms with Crippen LogP contribution in [0.5, 0.6) is 17.2 Å². The number of aryl methyl sites for hydroxylation is 1. The van der Waals surface area contributed by atoms with E-state index in [1.54, 1.807) is 21.3 Å². The number of ether oxygens (including phenoxy) is 3. The van der Waals surface area contributed by atoms with Gasteiger partial charge >= 0.3 is 0 Å². The van der Waals surface area contributed by atoms with E-state index in [9.17, 15) is 0 Å². The van der Waals surface area contributed by atoms with E-state index in [1.807, 2.05) is 28.9 Å². The summed E-state index contributed by atoms with van der Waals surface area (Å²) in [7, 11) is 5.06. The Bertz CT molecular complexity index is 1090. The van der Waals surface area contributed by atoms with Gasteiger partial charge in [0.15, 0.2) is 17.3 Å². The van der Waals surface area contributed by atoms with E-state index >= 15 is 0 Å². The van der Waals surface area contributed by atoms with Gasteiger partial charge in [0, 0.05) is 38.3 Å². The number of benzene rings is 2. The third-order valence-electron chi connectivity index (χ3n) is 6.56. The first kappa shape index (κ1) is 24.8. The fourth-order valence-corrected chi connectivity index (χ4v) is 4.69. The summed E-state index contributed by atoms with van der Waals surface area (Å²) in [5.41, 5.74) is 2.12. The highest BCUT2D eigenvalue weighted by Gasteiger charge is 2.34. The van der Waals surface area contributed by atoms with Crippen LogP contribution in [0, 0.1) is 5.92 Å². The summed E-state index contributed by atoms with van der Waals surface area (Å²) in [6.45, 7) is 8.57. The van der Waals surface area contributed by atoms with Crippen molar-refractivity contribution in [3.63, 3.8) is 0 Å². The Labute approximate surface area is 207 Å². The Morgan fingerprint density at radius 1 is 0.857 bits per heavy atom. The van der Waals surface area contributed by atoms with E-state index in [-0.39, 0.29) is 6.04 Å². The molecule has 1 aliphatic rings. The van der Waals surface area contributed by atoms with E-state index in [0.29, 0.717) is 17.4 Å². The maximum atomic E-state index is 5.84. The average molecular weight is 481 g/mol. The summed E-state index contributed by atoms with van der Waals surface area (Å²) in [6.07, 6.45) is 1.00. The Morgan fingerprint density at radius 2 is 1.57 bits per heavy atom. The zero-order valence-electron chi connectivity index (χ0n) is 21.3. The minimum atomic E-state index is -0.165. The normalized spacial score (nSPS) is 15.3. The number of methoxy groups -OCH3 is 3. The molecule has 0 spiro atoms. The molecule has 9 heteroatoms. The number of aromatic nitrogens is 4. The topological polar surface area (TPSA) is 77.8 Å². The van der Waals surface area contributed by atoms with Crippen molar-refractivity contribution in [1.29, 1.82) is 0 Å². The van der Waals surface area contributed by atoms with Crippen LogP contribution >= 0.6 is 0 Å². The molecular formula is C26H36N6O3. The Balaban J connectivity index is 1.67. The highest BCUT2D eigenvalue weighted by molar-refractivity contribution is 5.58. The first-order chi connectivity index (χ1) is 17.1. The lowest BCUT2D eigenvalue weighted by Gasteiger charge is -2.40. The lowest BCUT2D eigenvalue weighted by Crippen LogP contribution is -2.48. The summed E-state index contributed by atoms with van der Waals surface area (Å²) in [6, 6.07) is 14.0. The van der Waals surface area contributed by atoms with Crippen molar-refractivity contribution in [3.8, 4) is 17.2 Å². The molecule has 35 heavy (non-hydrogen) atoms. The van der Waals surface area contributed by atoms with Gasteiger partial charge in [0.25, 0.3) is 0 Å². The van der Waals surface area contributed by atoms with Crippen molar-refractivity contribution in [2.45, 2.75) is 32.9 Å². The summed E-state index contributed by atoms with van der Waals surface area (Å²) in [5, 5.41) is 12.9. The third kappa shape index (κ3) is 5.35.